The van der Waals surface area contributed by atoms with Crippen LogP contribution in [0.25, 0.3) is 0 Å². The molecule has 1 saturated heterocycles. The van der Waals surface area contributed by atoms with Crippen molar-refractivity contribution in [2.24, 2.45) is 0 Å². The maximum absolute atomic E-state index is 12.7. The van der Waals surface area contributed by atoms with Crippen molar-refractivity contribution in [3.63, 3.8) is 0 Å². The van der Waals surface area contributed by atoms with E-state index in [0.717, 1.165) is 38.1 Å². The molecule has 0 bridgehead atoms. The fraction of sp³-hybridized carbons (Fsp3) is 0.562. The number of thiophene rings is 1. The number of likely N-dealkylation sites (N-methyl/N-ethyl adjacent to an activating group) is 1. The number of hydrogen-bond acceptors (Lipinski definition) is 6. The molecule has 1 fully saturated rings. The third-order valence-corrected chi connectivity index (χ3v) is 5.75. The lowest BCUT2D eigenvalue weighted by atomic mass is 10.1. The smallest absolute Gasteiger partial charge is 0.291 e. The van der Waals surface area contributed by atoms with E-state index in [1.807, 2.05) is 11.6 Å². The molecular formula is C16H22N6OS. The van der Waals surface area contributed by atoms with E-state index in [-0.39, 0.29) is 11.9 Å². The van der Waals surface area contributed by atoms with Gasteiger partial charge in [0.25, 0.3) is 5.91 Å². The van der Waals surface area contributed by atoms with Gasteiger partial charge in [0.05, 0.1) is 6.04 Å². The molecule has 0 radical (unpaired) electrons. The molecule has 0 aromatic carbocycles. The van der Waals surface area contributed by atoms with E-state index in [4.69, 9.17) is 0 Å². The number of carbonyl (C=O) groups excluding carboxylic acids is 1. The van der Waals surface area contributed by atoms with Crippen LogP contribution >= 0.6 is 11.3 Å². The maximum Gasteiger partial charge on any atom is 0.291 e. The van der Waals surface area contributed by atoms with Crippen molar-refractivity contribution in [2.75, 3.05) is 13.6 Å². The molecule has 2 aromatic rings. The van der Waals surface area contributed by atoms with Crippen LogP contribution in [0.1, 0.15) is 46.6 Å². The van der Waals surface area contributed by atoms with Crippen molar-refractivity contribution < 1.29 is 4.79 Å². The Kier molecular flexibility index (Phi) is 4.34. The second-order valence-electron chi connectivity index (χ2n) is 6.52. The number of aryl methyl sites for hydroxylation is 1. The SMILES string of the molecule is CN(CC1CC(c2cccs2)NN1)C(=O)c1nnc2n1CCCC2. The Morgan fingerprint density at radius 3 is 3.17 bits per heavy atom. The van der Waals surface area contributed by atoms with Crippen molar-refractivity contribution >= 4 is 17.2 Å². The summed E-state index contributed by atoms with van der Waals surface area (Å²) in [6.45, 7) is 1.50. The van der Waals surface area contributed by atoms with E-state index >= 15 is 0 Å². The number of aromatic nitrogens is 3. The Morgan fingerprint density at radius 2 is 2.33 bits per heavy atom. The van der Waals surface area contributed by atoms with Gasteiger partial charge in [-0.3, -0.25) is 10.2 Å². The van der Waals surface area contributed by atoms with Crippen molar-refractivity contribution in [3.8, 4) is 0 Å². The molecular weight excluding hydrogens is 324 g/mol. The number of fused-ring (bicyclic) bond motifs is 1. The molecule has 2 aliphatic heterocycles. The van der Waals surface area contributed by atoms with E-state index in [1.54, 1.807) is 16.2 Å². The number of amides is 1. The summed E-state index contributed by atoms with van der Waals surface area (Å²) >= 11 is 1.76. The summed E-state index contributed by atoms with van der Waals surface area (Å²) in [4.78, 5) is 15.8. The van der Waals surface area contributed by atoms with Gasteiger partial charge in [0, 0.05) is 37.5 Å². The van der Waals surface area contributed by atoms with Gasteiger partial charge in [0.2, 0.25) is 5.82 Å². The Morgan fingerprint density at radius 1 is 1.42 bits per heavy atom. The predicted molar refractivity (Wildman–Crippen MR) is 91.7 cm³/mol. The van der Waals surface area contributed by atoms with Crippen LogP contribution in [-0.2, 0) is 13.0 Å². The summed E-state index contributed by atoms with van der Waals surface area (Å²) < 4.78 is 1.98. The highest BCUT2D eigenvalue weighted by Gasteiger charge is 2.29. The molecule has 128 valence electrons. The molecule has 7 nitrogen and oxygen atoms in total. The van der Waals surface area contributed by atoms with Crippen LogP contribution < -0.4 is 10.9 Å². The average molecular weight is 346 g/mol. The van der Waals surface area contributed by atoms with Gasteiger partial charge in [0.15, 0.2) is 0 Å². The summed E-state index contributed by atoms with van der Waals surface area (Å²) in [6.07, 6.45) is 4.10. The van der Waals surface area contributed by atoms with Crippen LogP contribution in [0, 0.1) is 0 Å². The zero-order valence-corrected chi connectivity index (χ0v) is 14.6. The third-order valence-electron chi connectivity index (χ3n) is 4.76. The molecule has 24 heavy (non-hydrogen) atoms. The summed E-state index contributed by atoms with van der Waals surface area (Å²) in [6, 6.07) is 4.76. The standard InChI is InChI=1S/C16H22N6OS/c1-21(10-11-9-12(18-17-11)13-5-4-8-24-13)16(23)15-20-19-14-6-2-3-7-22(14)15/h4-5,8,11-12,17-18H,2-3,6-7,9-10H2,1H3. The Hall–Kier alpha value is -1.77. The van der Waals surface area contributed by atoms with Crippen molar-refractivity contribution in [3.05, 3.63) is 34.0 Å². The van der Waals surface area contributed by atoms with E-state index in [0.29, 0.717) is 18.4 Å². The number of rotatable bonds is 4. The Balaban J connectivity index is 1.39. The fourth-order valence-corrected chi connectivity index (χ4v) is 4.26. The van der Waals surface area contributed by atoms with Crippen LogP contribution in [0.4, 0.5) is 0 Å². The van der Waals surface area contributed by atoms with E-state index in [2.05, 4.69) is 38.6 Å². The fourth-order valence-electron chi connectivity index (χ4n) is 3.47. The van der Waals surface area contributed by atoms with E-state index in [9.17, 15) is 4.79 Å². The number of hydrogen-bond donors (Lipinski definition) is 2. The third kappa shape index (κ3) is 2.97. The van der Waals surface area contributed by atoms with Crippen molar-refractivity contribution in [1.29, 1.82) is 0 Å². The lowest BCUT2D eigenvalue weighted by molar-refractivity contribution is 0.0764. The zero-order chi connectivity index (χ0) is 16.5. The molecule has 2 unspecified atom stereocenters. The maximum atomic E-state index is 12.7. The lowest BCUT2D eigenvalue weighted by Gasteiger charge is -2.21. The zero-order valence-electron chi connectivity index (χ0n) is 13.7. The van der Waals surface area contributed by atoms with Crippen LogP contribution in [0.2, 0.25) is 0 Å². The molecule has 2 aliphatic rings. The highest BCUT2D eigenvalue weighted by atomic mass is 32.1. The first kappa shape index (κ1) is 15.7. The van der Waals surface area contributed by atoms with Crippen LogP contribution in [-0.4, -0.2) is 45.2 Å². The van der Waals surface area contributed by atoms with Gasteiger partial charge < -0.3 is 9.47 Å². The highest BCUT2D eigenvalue weighted by molar-refractivity contribution is 7.10. The molecule has 4 heterocycles. The summed E-state index contributed by atoms with van der Waals surface area (Å²) in [5, 5.41) is 10.4. The minimum absolute atomic E-state index is 0.0444. The average Bonchev–Trinajstić information content (AvgIpc) is 3.33. The first-order valence-corrected chi connectivity index (χ1v) is 9.32. The predicted octanol–water partition coefficient (Wildman–Crippen LogP) is 1.36. The minimum atomic E-state index is -0.0444. The van der Waals surface area contributed by atoms with Gasteiger partial charge in [-0.1, -0.05) is 6.07 Å². The summed E-state index contributed by atoms with van der Waals surface area (Å²) in [5.41, 5.74) is 6.64. The quantitative estimate of drug-likeness (QED) is 0.874. The van der Waals surface area contributed by atoms with Crippen molar-refractivity contribution in [1.82, 2.24) is 30.5 Å². The highest BCUT2D eigenvalue weighted by Crippen LogP contribution is 2.26. The number of nitrogens with zero attached hydrogens (tertiary/aromatic N) is 4. The second-order valence-corrected chi connectivity index (χ2v) is 7.50. The van der Waals surface area contributed by atoms with Gasteiger partial charge >= 0.3 is 0 Å². The molecule has 1 amide bonds. The van der Waals surface area contributed by atoms with Gasteiger partial charge in [-0.15, -0.1) is 21.5 Å². The van der Waals surface area contributed by atoms with Crippen LogP contribution in [0.3, 0.4) is 0 Å². The molecule has 2 N–H and O–H groups in total. The van der Waals surface area contributed by atoms with Gasteiger partial charge in [-0.25, -0.2) is 5.43 Å². The van der Waals surface area contributed by atoms with Crippen LogP contribution in [0.5, 0.6) is 0 Å². The molecule has 2 aromatic heterocycles. The number of nitrogens with one attached hydrogen (secondary N) is 2. The molecule has 0 saturated carbocycles. The number of hydrazine groups is 1. The largest absolute Gasteiger partial charge is 0.337 e. The monoisotopic (exact) mass is 346 g/mol. The summed E-state index contributed by atoms with van der Waals surface area (Å²) in [7, 11) is 1.84. The van der Waals surface area contributed by atoms with E-state index < -0.39 is 0 Å². The summed E-state index contributed by atoms with van der Waals surface area (Å²) in [5.74, 6) is 1.38. The van der Waals surface area contributed by atoms with Crippen LogP contribution in [0.15, 0.2) is 17.5 Å². The Labute approximate surface area is 145 Å². The molecule has 0 spiro atoms. The van der Waals surface area contributed by atoms with Gasteiger partial charge in [-0.05, 0) is 30.7 Å². The van der Waals surface area contributed by atoms with E-state index in [1.165, 1.54) is 4.88 Å². The van der Waals surface area contributed by atoms with Crippen molar-refractivity contribution in [2.45, 2.75) is 44.3 Å². The van der Waals surface area contributed by atoms with Gasteiger partial charge in [0.1, 0.15) is 5.82 Å². The molecule has 0 aliphatic carbocycles. The Bertz CT molecular complexity index is 712. The first-order valence-electron chi connectivity index (χ1n) is 8.44. The minimum Gasteiger partial charge on any atom is -0.337 e. The molecule has 4 rings (SSSR count). The molecule has 2 atom stereocenters. The number of carbonyl (C=O) groups is 1. The normalized spacial score (nSPS) is 23.2. The lowest BCUT2D eigenvalue weighted by Crippen LogP contribution is -2.42. The topological polar surface area (TPSA) is 75.1 Å². The second kappa shape index (κ2) is 6.62. The first-order chi connectivity index (χ1) is 11.7. The van der Waals surface area contributed by atoms with Gasteiger partial charge in [-0.2, -0.15) is 0 Å². The molecule has 8 heteroatoms.